The fourth-order valence-electron chi connectivity index (χ4n) is 3.76. The maximum Gasteiger partial charge on any atom is 0.223 e. The van der Waals surface area contributed by atoms with Crippen LogP contribution in [0.15, 0.2) is 24.3 Å². The molecule has 2 heterocycles. The number of amides is 1. The van der Waals surface area contributed by atoms with Crippen LogP contribution in [0.5, 0.6) is 0 Å². The largest absolute Gasteiger partial charge is 0.370 e. The van der Waals surface area contributed by atoms with Gasteiger partial charge in [-0.1, -0.05) is 26.0 Å². The highest BCUT2D eigenvalue weighted by atomic mass is 19.1. The van der Waals surface area contributed by atoms with Crippen LogP contribution in [0.1, 0.15) is 48.9 Å². The van der Waals surface area contributed by atoms with Crippen LogP contribution < -0.4 is 0 Å². The van der Waals surface area contributed by atoms with Crippen molar-refractivity contribution >= 4 is 5.91 Å². The van der Waals surface area contributed by atoms with Gasteiger partial charge in [0.05, 0.1) is 18.8 Å². The molecule has 1 amide bonds. The molecule has 28 heavy (non-hydrogen) atoms. The second-order valence-corrected chi connectivity index (χ2v) is 7.98. The normalized spacial score (nSPS) is 17.4. The van der Waals surface area contributed by atoms with E-state index in [0.717, 1.165) is 23.5 Å². The molecule has 0 aliphatic carbocycles. The molecule has 0 saturated carbocycles. The molecule has 0 spiro atoms. The predicted octanol–water partition coefficient (Wildman–Crippen LogP) is 3.83. The Kier molecular flexibility index (Phi) is 6.50. The van der Waals surface area contributed by atoms with E-state index in [2.05, 4.69) is 30.6 Å². The summed E-state index contributed by atoms with van der Waals surface area (Å²) in [6.07, 6.45) is 0.966. The third kappa shape index (κ3) is 4.79. The Morgan fingerprint density at radius 2 is 2.00 bits per heavy atom. The van der Waals surface area contributed by atoms with Crippen LogP contribution in [0.4, 0.5) is 4.39 Å². The van der Waals surface area contributed by atoms with Crippen molar-refractivity contribution in [2.45, 2.75) is 53.2 Å². The molecule has 1 unspecified atom stereocenters. The molecule has 6 heteroatoms. The molecule has 1 aliphatic rings. The number of hydrogen-bond donors (Lipinski definition) is 0. The van der Waals surface area contributed by atoms with Crippen LogP contribution in [-0.4, -0.2) is 40.3 Å². The topological polar surface area (TPSA) is 47.4 Å². The van der Waals surface area contributed by atoms with Crippen molar-refractivity contribution in [2.75, 3.05) is 19.7 Å². The SMILES string of the molecule is Cc1nn(CC(C)C)c(C)c1CCC(=O)N1CCOC(c2ccc(F)cc2)C1. The number of halogens is 1. The molecule has 0 N–H and O–H groups in total. The minimum atomic E-state index is -0.267. The van der Waals surface area contributed by atoms with E-state index >= 15 is 0 Å². The Labute approximate surface area is 166 Å². The number of aromatic nitrogens is 2. The molecular weight excluding hydrogens is 357 g/mol. The Hall–Kier alpha value is -2.21. The quantitative estimate of drug-likeness (QED) is 0.757. The number of benzene rings is 1. The minimum Gasteiger partial charge on any atom is -0.370 e. The van der Waals surface area contributed by atoms with Gasteiger partial charge in [0, 0.05) is 25.2 Å². The highest BCUT2D eigenvalue weighted by molar-refractivity contribution is 5.76. The number of nitrogens with zero attached hydrogens (tertiary/aromatic N) is 3. The van der Waals surface area contributed by atoms with Gasteiger partial charge in [0.15, 0.2) is 0 Å². The van der Waals surface area contributed by atoms with E-state index in [4.69, 9.17) is 4.74 Å². The molecule has 3 rings (SSSR count). The first-order chi connectivity index (χ1) is 13.3. The van der Waals surface area contributed by atoms with E-state index in [1.165, 1.54) is 17.7 Å². The van der Waals surface area contributed by atoms with Crippen LogP contribution >= 0.6 is 0 Å². The lowest BCUT2D eigenvalue weighted by Crippen LogP contribution is -2.42. The number of ether oxygens (including phenoxy) is 1. The summed E-state index contributed by atoms with van der Waals surface area (Å²) in [6, 6.07) is 6.31. The van der Waals surface area contributed by atoms with Crippen LogP contribution in [-0.2, 0) is 22.5 Å². The lowest BCUT2D eigenvalue weighted by Gasteiger charge is -2.33. The highest BCUT2D eigenvalue weighted by Gasteiger charge is 2.25. The van der Waals surface area contributed by atoms with Crippen molar-refractivity contribution in [3.8, 4) is 0 Å². The highest BCUT2D eigenvalue weighted by Crippen LogP contribution is 2.24. The average molecular weight is 387 g/mol. The van der Waals surface area contributed by atoms with Crippen molar-refractivity contribution in [3.05, 3.63) is 52.6 Å². The maximum atomic E-state index is 13.1. The summed E-state index contributed by atoms with van der Waals surface area (Å²) in [5.74, 6) is 0.395. The van der Waals surface area contributed by atoms with E-state index in [9.17, 15) is 9.18 Å². The van der Waals surface area contributed by atoms with Gasteiger partial charge in [0.2, 0.25) is 5.91 Å². The number of hydrogen-bond acceptors (Lipinski definition) is 3. The van der Waals surface area contributed by atoms with Crippen molar-refractivity contribution in [1.82, 2.24) is 14.7 Å². The van der Waals surface area contributed by atoms with Crippen molar-refractivity contribution in [2.24, 2.45) is 5.92 Å². The van der Waals surface area contributed by atoms with E-state index in [1.807, 2.05) is 11.8 Å². The molecule has 5 nitrogen and oxygen atoms in total. The van der Waals surface area contributed by atoms with Gasteiger partial charge >= 0.3 is 0 Å². The Morgan fingerprint density at radius 3 is 2.68 bits per heavy atom. The second kappa shape index (κ2) is 8.86. The predicted molar refractivity (Wildman–Crippen MR) is 107 cm³/mol. The molecule has 2 aromatic rings. The molecule has 1 fully saturated rings. The van der Waals surface area contributed by atoms with Gasteiger partial charge in [0.1, 0.15) is 11.9 Å². The molecule has 0 radical (unpaired) electrons. The van der Waals surface area contributed by atoms with Gasteiger partial charge in [-0.3, -0.25) is 9.48 Å². The first-order valence-electron chi connectivity index (χ1n) is 10.0. The van der Waals surface area contributed by atoms with Crippen molar-refractivity contribution in [1.29, 1.82) is 0 Å². The molecule has 1 aromatic heterocycles. The number of carbonyl (C=O) groups excluding carboxylic acids is 1. The first kappa shape index (κ1) is 20.5. The zero-order valence-electron chi connectivity index (χ0n) is 17.2. The fraction of sp³-hybridized carbons (Fsp3) is 0.545. The van der Waals surface area contributed by atoms with Gasteiger partial charge in [-0.15, -0.1) is 0 Å². The van der Waals surface area contributed by atoms with Crippen molar-refractivity contribution in [3.63, 3.8) is 0 Å². The van der Waals surface area contributed by atoms with Gasteiger partial charge in [-0.25, -0.2) is 4.39 Å². The average Bonchev–Trinajstić information content (AvgIpc) is 2.93. The molecule has 1 aliphatic heterocycles. The zero-order valence-corrected chi connectivity index (χ0v) is 17.2. The molecule has 1 aromatic carbocycles. The summed E-state index contributed by atoms with van der Waals surface area (Å²) in [5.41, 5.74) is 4.25. The Balaban J connectivity index is 1.60. The van der Waals surface area contributed by atoms with Crippen molar-refractivity contribution < 1.29 is 13.9 Å². The van der Waals surface area contributed by atoms with E-state index in [-0.39, 0.29) is 17.8 Å². The minimum absolute atomic E-state index is 0.130. The standard InChI is InChI=1S/C22H30FN3O2/c1-15(2)13-26-17(4)20(16(3)24-26)9-10-22(27)25-11-12-28-21(14-25)18-5-7-19(23)8-6-18/h5-8,15,21H,9-14H2,1-4H3. The number of aryl methyl sites for hydroxylation is 1. The molecular formula is C22H30FN3O2. The Morgan fingerprint density at radius 1 is 1.29 bits per heavy atom. The first-order valence-corrected chi connectivity index (χ1v) is 10.0. The van der Waals surface area contributed by atoms with E-state index in [1.54, 1.807) is 12.1 Å². The monoisotopic (exact) mass is 387 g/mol. The number of morpholine rings is 1. The second-order valence-electron chi connectivity index (χ2n) is 7.98. The third-order valence-corrected chi connectivity index (χ3v) is 5.32. The molecule has 152 valence electrons. The third-order valence-electron chi connectivity index (χ3n) is 5.32. The maximum absolute atomic E-state index is 13.1. The van der Waals surface area contributed by atoms with Crippen LogP contribution in [0.25, 0.3) is 0 Å². The summed E-state index contributed by atoms with van der Waals surface area (Å²) >= 11 is 0. The lowest BCUT2D eigenvalue weighted by atomic mass is 10.1. The van der Waals surface area contributed by atoms with Crippen LogP contribution in [0.2, 0.25) is 0 Å². The van der Waals surface area contributed by atoms with Gasteiger partial charge in [-0.05, 0) is 49.4 Å². The van der Waals surface area contributed by atoms with Gasteiger partial charge in [0.25, 0.3) is 0 Å². The fourth-order valence-corrected chi connectivity index (χ4v) is 3.76. The van der Waals surface area contributed by atoms with Crippen LogP contribution in [0, 0.1) is 25.6 Å². The molecule has 1 atom stereocenters. The summed E-state index contributed by atoms with van der Waals surface area (Å²) in [4.78, 5) is 14.7. The van der Waals surface area contributed by atoms with E-state index < -0.39 is 0 Å². The lowest BCUT2D eigenvalue weighted by molar-refractivity contribution is -0.139. The number of rotatable bonds is 6. The Bertz CT molecular complexity index is 814. The van der Waals surface area contributed by atoms with Gasteiger partial charge < -0.3 is 9.64 Å². The number of carbonyl (C=O) groups is 1. The zero-order chi connectivity index (χ0) is 20.3. The summed E-state index contributed by atoms with van der Waals surface area (Å²) in [6.45, 7) is 11.0. The summed E-state index contributed by atoms with van der Waals surface area (Å²) in [7, 11) is 0. The van der Waals surface area contributed by atoms with E-state index in [0.29, 0.717) is 38.5 Å². The van der Waals surface area contributed by atoms with Crippen LogP contribution in [0.3, 0.4) is 0 Å². The molecule has 0 bridgehead atoms. The molecule has 1 saturated heterocycles. The smallest absolute Gasteiger partial charge is 0.223 e. The van der Waals surface area contributed by atoms with Gasteiger partial charge in [-0.2, -0.15) is 5.10 Å². The summed E-state index contributed by atoms with van der Waals surface area (Å²) < 4.78 is 21.0. The summed E-state index contributed by atoms with van der Waals surface area (Å²) in [5, 5.41) is 4.64.